The molecule has 0 radical (unpaired) electrons. The lowest BCUT2D eigenvalue weighted by Gasteiger charge is -2.18. The summed E-state index contributed by atoms with van der Waals surface area (Å²) >= 11 is 0. The van der Waals surface area contributed by atoms with Crippen LogP contribution >= 0.6 is 24.0 Å². The number of nitrogens with zero attached hydrogens (tertiary/aromatic N) is 1. The number of aliphatic imine (C=N–C) groups is 1. The van der Waals surface area contributed by atoms with Crippen LogP contribution in [-0.2, 0) is 0 Å². The zero-order valence-electron chi connectivity index (χ0n) is 13.8. The Morgan fingerprint density at radius 2 is 1.80 bits per heavy atom. The predicted octanol–water partition coefficient (Wildman–Crippen LogP) is 3.00. The Kier molecular flexibility index (Phi) is 15.5. The number of hydrogen-bond donors (Lipinski definition) is 3. The molecular weight excluding hydrogens is 365 g/mol. The van der Waals surface area contributed by atoms with E-state index in [1.807, 2.05) is 6.92 Å². The molecule has 20 heavy (non-hydrogen) atoms. The third-order valence-electron chi connectivity index (χ3n) is 3.02. The van der Waals surface area contributed by atoms with E-state index < -0.39 is 0 Å². The van der Waals surface area contributed by atoms with E-state index in [1.165, 1.54) is 12.8 Å². The quantitative estimate of drug-likeness (QED) is 0.317. The Labute approximate surface area is 142 Å². The minimum atomic E-state index is 0. The molecule has 0 saturated carbocycles. The van der Waals surface area contributed by atoms with E-state index in [-0.39, 0.29) is 36.5 Å². The first-order valence-corrected chi connectivity index (χ1v) is 7.65. The van der Waals surface area contributed by atoms with Gasteiger partial charge >= 0.3 is 0 Å². The van der Waals surface area contributed by atoms with Gasteiger partial charge in [-0.25, -0.2) is 0 Å². The maximum atomic E-state index is 9.02. The van der Waals surface area contributed by atoms with Gasteiger partial charge in [-0.3, -0.25) is 4.99 Å². The van der Waals surface area contributed by atoms with Gasteiger partial charge in [-0.1, -0.05) is 33.6 Å². The van der Waals surface area contributed by atoms with Crippen molar-refractivity contribution in [3.8, 4) is 0 Å². The Balaban J connectivity index is 0. The van der Waals surface area contributed by atoms with Crippen LogP contribution in [0.2, 0.25) is 0 Å². The smallest absolute Gasteiger partial charge is 0.191 e. The van der Waals surface area contributed by atoms with Crippen molar-refractivity contribution in [3.63, 3.8) is 0 Å². The first-order chi connectivity index (χ1) is 8.99. The SMILES string of the molecule is CCNC(=NCC(C)CO)NC(C)CCCC(C)C.I. The van der Waals surface area contributed by atoms with Crippen LogP contribution in [0.4, 0.5) is 0 Å². The topological polar surface area (TPSA) is 56.7 Å². The zero-order chi connectivity index (χ0) is 14.7. The van der Waals surface area contributed by atoms with Crippen molar-refractivity contribution in [2.75, 3.05) is 19.7 Å². The molecule has 0 aromatic heterocycles. The number of hydrogen-bond acceptors (Lipinski definition) is 2. The lowest BCUT2D eigenvalue weighted by molar-refractivity contribution is 0.241. The molecular formula is C15H34IN3O. The van der Waals surface area contributed by atoms with E-state index in [2.05, 4.69) is 43.3 Å². The Morgan fingerprint density at radius 3 is 2.30 bits per heavy atom. The summed E-state index contributed by atoms with van der Waals surface area (Å²) in [6.45, 7) is 12.5. The van der Waals surface area contributed by atoms with Crippen molar-refractivity contribution in [2.45, 2.75) is 59.9 Å². The van der Waals surface area contributed by atoms with E-state index in [4.69, 9.17) is 5.11 Å². The first-order valence-electron chi connectivity index (χ1n) is 7.65. The van der Waals surface area contributed by atoms with E-state index in [0.717, 1.165) is 24.8 Å². The Bertz CT molecular complexity index is 247. The average Bonchev–Trinajstić information content (AvgIpc) is 2.35. The molecule has 0 aliphatic carbocycles. The van der Waals surface area contributed by atoms with Crippen molar-refractivity contribution in [2.24, 2.45) is 16.8 Å². The van der Waals surface area contributed by atoms with E-state index in [0.29, 0.717) is 12.6 Å². The molecule has 0 spiro atoms. The van der Waals surface area contributed by atoms with Crippen molar-refractivity contribution >= 4 is 29.9 Å². The number of nitrogens with one attached hydrogen (secondary N) is 2. The lowest BCUT2D eigenvalue weighted by Crippen LogP contribution is -2.42. The van der Waals surface area contributed by atoms with E-state index >= 15 is 0 Å². The highest BCUT2D eigenvalue weighted by Crippen LogP contribution is 2.08. The molecule has 0 aromatic rings. The summed E-state index contributed by atoms with van der Waals surface area (Å²) in [4.78, 5) is 4.50. The summed E-state index contributed by atoms with van der Waals surface area (Å²) in [5.74, 6) is 1.85. The molecule has 0 fully saturated rings. The molecule has 0 saturated heterocycles. The predicted molar refractivity (Wildman–Crippen MR) is 98.9 cm³/mol. The summed E-state index contributed by atoms with van der Waals surface area (Å²) in [5.41, 5.74) is 0. The van der Waals surface area contributed by atoms with Crippen LogP contribution in [0.15, 0.2) is 4.99 Å². The molecule has 0 aromatic carbocycles. The second-order valence-electron chi connectivity index (χ2n) is 5.88. The molecule has 0 aliphatic heterocycles. The molecule has 2 atom stereocenters. The van der Waals surface area contributed by atoms with Crippen molar-refractivity contribution in [1.29, 1.82) is 0 Å². The van der Waals surface area contributed by atoms with Gasteiger partial charge in [-0.2, -0.15) is 0 Å². The van der Waals surface area contributed by atoms with Gasteiger partial charge in [0.05, 0.1) is 0 Å². The van der Waals surface area contributed by atoms with E-state index in [9.17, 15) is 0 Å². The summed E-state index contributed by atoms with van der Waals surface area (Å²) in [6, 6.07) is 0.431. The van der Waals surface area contributed by atoms with E-state index in [1.54, 1.807) is 0 Å². The van der Waals surface area contributed by atoms with Crippen LogP contribution in [-0.4, -0.2) is 36.8 Å². The minimum Gasteiger partial charge on any atom is -0.396 e. The molecule has 122 valence electrons. The van der Waals surface area contributed by atoms with Crippen LogP contribution < -0.4 is 10.6 Å². The second-order valence-corrected chi connectivity index (χ2v) is 5.88. The molecule has 0 aliphatic rings. The van der Waals surface area contributed by atoms with Crippen LogP contribution in [0.1, 0.15) is 53.9 Å². The highest BCUT2D eigenvalue weighted by molar-refractivity contribution is 14.0. The van der Waals surface area contributed by atoms with Gasteiger partial charge in [0.2, 0.25) is 0 Å². The van der Waals surface area contributed by atoms with Gasteiger partial charge in [-0.15, -0.1) is 24.0 Å². The summed E-state index contributed by atoms with van der Waals surface area (Å²) in [7, 11) is 0. The molecule has 0 amide bonds. The molecule has 4 nitrogen and oxygen atoms in total. The molecule has 0 heterocycles. The fraction of sp³-hybridized carbons (Fsp3) is 0.933. The number of aliphatic hydroxyl groups excluding tert-OH is 1. The molecule has 3 N–H and O–H groups in total. The number of aliphatic hydroxyl groups is 1. The number of halogens is 1. The first kappa shape index (κ1) is 22.2. The van der Waals surface area contributed by atoms with Crippen LogP contribution in [0.5, 0.6) is 0 Å². The fourth-order valence-corrected chi connectivity index (χ4v) is 1.76. The molecule has 2 unspecified atom stereocenters. The van der Waals surface area contributed by atoms with Crippen molar-refractivity contribution in [3.05, 3.63) is 0 Å². The third-order valence-corrected chi connectivity index (χ3v) is 3.02. The number of rotatable bonds is 9. The Hall–Kier alpha value is -0.0400. The summed E-state index contributed by atoms with van der Waals surface area (Å²) in [6.07, 6.45) is 3.69. The van der Waals surface area contributed by atoms with Gasteiger partial charge in [-0.05, 0) is 32.1 Å². The third kappa shape index (κ3) is 13.0. The van der Waals surface area contributed by atoms with Gasteiger partial charge in [0.15, 0.2) is 5.96 Å². The second kappa shape index (κ2) is 13.9. The average molecular weight is 399 g/mol. The normalized spacial score (nSPS) is 14.7. The minimum absolute atomic E-state index is 0. The fourth-order valence-electron chi connectivity index (χ4n) is 1.76. The van der Waals surface area contributed by atoms with Crippen LogP contribution in [0.25, 0.3) is 0 Å². The maximum Gasteiger partial charge on any atom is 0.191 e. The molecule has 5 heteroatoms. The Morgan fingerprint density at radius 1 is 1.15 bits per heavy atom. The molecule has 0 bridgehead atoms. The van der Waals surface area contributed by atoms with Gasteiger partial charge in [0.1, 0.15) is 0 Å². The highest BCUT2D eigenvalue weighted by atomic mass is 127. The largest absolute Gasteiger partial charge is 0.396 e. The maximum absolute atomic E-state index is 9.02. The summed E-state index contributed by atoms with van der Waals surface area (Å²) < 4.78 is 0. The lowest BCUT2D eigenvalue weighted by atomic mass is 10.0. The summed E-state index contributed by atoms with van der Waals surface area (Å²) in [5, 5.41) is 15.7. The molecule has 0 rings (SSSR count). The standard InChI is InChI=1S/C15H33N3O.HI/c1-6-16-15(17-10-13(4)11-19)18-14(5)9-7-8-12(2)3;/h12-14,19H,6-11H2,1-5H3,(H2,16,17,18);1H. The van der Waals surface area contributed by atoms with Gasteiger partial charge in [0, 0.05) is 25.7 Å². The number of guanidine groups is 1. The van der Waals surface area contributed by atoms with Gasteiger partial charge < -0.3 is 15.7 Å². The zero-order valence-corrected chi connectivity index (χ0v) is 16.1. The van der Waals surface area contributed by atoms with Crippen LogP contribution in [0, 0.1) is 11.8 Å². The van der Waals surface area contributed by atoms with Gasteiger partial charge in [0.25, 0.3) is 0 Å². The highest BCUT2D eigenvalue weighted by Gasteiger charge is 2.06. The van der Waals surface area contributed by atoms with Crippen molar-refractivity contribution < 1.29 is 5.11 Å². The monoisotopic (exact) mass is 399 g/mol. The van der Waals surface area contributed by atoms with Crippen LogP contribution in [0.3, 0.4) is 0 Å². The van der Waals surface area contributed by atoms with Crippen molar-refractivity contribution in [1.82, 2.24) is 10.6 Å².